The van der Waals surface area contributed by atoms with Gasteiger partial charge in [-0.15, -0.1) is 4.73 Å². The lowest BCUT2D eigenvalue weighted by Crippen LogP contribution is -2.38. The van der Waals surface area contributed by atoms with E-state index in [0.717, 1.165) is 4.73 Å². The highest BCUT2D eigenvalue weighted by molar-refractivity contribution is 6.02. The van der Waals surface area contributed by atoms with Gasteiger partial charge in [0.05, 0.1) is 5.52 Å². The van der Waals surface area contributed by atoms with Crippen LogP contribution in [0.4, 0.5) is 0 Å². The van der Waals surface area contributed by atoms with Crippen LogP contribution in [0.15, 0.2) is 29.1 Å². The summed E-state index contributed by atoms with van der Waals surface area (Å²) in [6.45, 7) is 3.35. The van der Waals surface area contributed by atoms with Crippen LogP contribution < -0.4 is 15.7 Å². The molecule has 8 heteroatoms. The lowest BCUT2D eigenvalue weighted by molar-refractivity contribution is -0.135. The van der Waals surface area contributed by atoms with Gasteiger partial charge in [-0.25, -0.2) is 0 Å². The molecule has 24 heavy (non-hydrogen) atoms. The molecule has 0 saturated carbocycles. The van der Waals surface area contributed by atoms with Gasteiger partial charge in [0.25, 0.3) is 11.5 Å². The quantitative estimate of drug-likeness (QED) is 0.712. The van der Waals surface area contributed by atoms with Gasteiger partial charge in [-0.1, -0.05) is 26.0 Å². The predicted molar refractivity (Wildman–Crippen MR) is 86.1 cm³/mol. The number of benzene rings is 1. The van der Waals surface area contributed by atoms with Crippen molar-refractivity contribution in [2.75, 3.05) is 13.2 Å². The number of pyridine rings is 1. The Kier molecular flexibility index (Phi) is 5.08. The van der Waals surface area contributed by atoms with E-state index in [0.29, 0.717) is 5.52 Å². The zero-order chi connectivity index (χ0) is 17.9. The number of carbonyl (C=O) groups excluding carboxylic acids is 1. The van der Waals surface area contributed by atoms with Crippen LogP contribution in [0.1, 0.15) is 24.2 Å². The summed E-state index contributed by atoms with van der Waals surface area (Å²) >= 11 is 0. The fourth-order valence-electron chi connectivity index (χ4n) is 2.10. The maximum atomic E-state index is 12.6. The summed E-state index contributed by atoms with van der Waals surface area (Å²) in [5.41, 5.74) is -1.09. The van der Waals surface area contributed by atoms with E-state index in [9.17, 15) is 19.5 Å². The standard InChI is InChI=1S/C16H18N2O6/c1-9(2)8-24-18-11-6-4-3-5-10(11)14(21)13(16(18)23)15(22)17-7-12(19)20/h3-6,9,21H,7-8H2,1-2H3,(H,17,22)(H,19,20). The zero-order valence-electron chi connectivity index (χ0n) is 13.3. The number of carboxylic acids is 1. The molecule has 0 fully saturated rings. The molecule has 0 saturated heterocycles. The Morgan fingerprint density at radius 2 is 1.96 bits per heavy atom. The van der Waals surface area contributed by atoms with E-state index in [1.807, 2.05) is 13.8 Å². The third-order valence-electron chi connectivity index (χ3n) is 3.18. The minimum absolute atomic E-state index is 0.133. The molecule has 0 atom stereocenters. The van der Waals surface area contributed by atoms with Crippen LogP contribution in [-0.2, 0) is 4.79 Å². The van der Waals surface area contributed by atoms with Crippen molar-refractivity contribution in [2.45, 2.75) is 13.8 Å². The van der Waals surface area contributed by atoms with Crippen molar-refractivity contribution in [1.29, 1.82) is 0 Å². The number of carbonyl (C=O) groups is 2. The molecule has 3 N–H and O–H groups in total. The van der Waals surface area contributed by atoms with Crippen molar-refractivity contribution in [2.24, 2.45) is 5.92 Å². The molecule has 1 aromatic carbocycles. The van der Waals surface area contributed by atoms with Crippen molar-refractivity contribution in [3.05, 3.63) is 40.2 Å². The van der Waals surface area contributed by atoms with Crippen molar-refractivity contribution in [3.8, 4) is 5.75 Å². The molecular formula is C16H18N2O6. The van der Waals surface area contributed by atoms with E-state index in [-0.39, 0.29) is 17.9 Å². The lowest BCUT2D eigenvalue weighted by atomic mass is 10.1. The first-order valence-corrected chi connectivity index (χ1v) is 7.33. The minimum Gasteiger partial charge on any atom is -0.506 e. The normalized spacial score (nSPS) is 10.8. The molecule has 2 aromatic rings. The Morgan fingerprint density at radius 1 is 1.29 bits per heavy atom. The SMILES string of the molecule is CC(C)COn1c(=O)c(C(=O)NCC(=O)O)c(O)c2ccccc21. The number of fused-ring (bicyclic) bond motifs is 1. The summed E-state index contributed by atoms with van der Waals surface area (Å²) in [6.07, 6.45) is 0. The zero-order valence-corrected chi connectivity index (χ0v) is 13.3. The van der Waals surface area contributed by atoms with Crippen LogP contribution >= 0.6 is 0 Å². The number of amides is 1. The van der Waals surface area contributed by atoms with Crippen molar-refractivity contribution < 1.29 is 24.6 Å². The molecular weight excluding hydrogens is 316 g/mol. The number of aromatic hydroxyl groups is 1. The van der Waals surface area contributed by atoms with Crippen LogP contribution in [0.25, 0.3) is 10.9 Å². The number of hydrogen-bond acceptors (Lipinski definition) is 5. The minimum atomic E-state index is -1.26. The van der Waals surface area contributed by atoms with Gasteiger partial charge in [0.1, 0.15) is 18.9 Å². The van der Waals surface area contributed by atoms with Gasteiger partial charge in [0.15, 0.2) is 5.56 Å². The van der Waals surface area contributed by atoms with Gasteiger partial charge in [0.2, 0.25) is 0 Å². The largest absolute Gasteiger partial charge is 0.506 e. The first-order chi connectivity index (χ1) is 11.3. The van der Waals surface area contributed by atoms with Gasteiger partial charge in [-0.05, 0) is 18.1 Å². The number of carboxylic acid groups (broad SMARTS) is 1. The monoisotopic (exact) mass is 334 g/mol. The fraction of sp³-hybridized carbons (Fsp3) is 0.312. The molecule has 0 aliphatic heterocycles. The van der Waals surface area contributed by atoms with E-state index in [2.05, 4.69) is 5.32 Å². The first-order valence-electron chi connectivity index (χ1n) is 7.33. The number of aliphatic carboxylic acids is 1. The third kappa shape index (κ3) is 3.48. The fourth-order valence-corrected chi connectivity index (χ4v) is 2.10. The summed E-state index contributed by atoms with van der Waals surface area (Å²) in [5.74, 6) is -2.62. The number of nitrogens with zero attached hydrogens (tertiary/aromatic N) is 1. The van der Waals surface area contributed by atoms with E-state index < -0.39 is 35.3 Å². The van der Waals surface area contributed by atoms with Gasteiger partial charge in [0, 0.05) is 5.39 Å². The Balaban J connectivity index is 2.60. The van der Waals surface area contributed by atoms with Gasteiger partial charge >= 0.3 is 5.97 Å². The average Bonchev–Trinajstić information content (AvgIpc) is 2.52. The summed E-state index contributed by atoms with van der Waals surface area (Å²) in [6, 6.07) is 6.42. The molecule has 128 valence electrons. The summed E-state index contributed by atoms with van der Waals surface area (Å²) in [4.78, 5) is 40.7. The van der Waals surface area contributed by atoms with Crippen LogP contribution in [0, 0.1) is 5.92 Å². The molecule has 0 aliphatic rings. The second-order valence-electron chi connectivity index (χ2n) is 5.61. The Labute approximate surface area is 137 Å². The topological polar surface area (TPSA) is 118 Å². The van der Waals surface area contributed by atoms with Crippen molar-refractivity contribution >= 4 is 22.8 Å². The second-order valence-corrected chi connectivity index (χ2v) is 5.61. The molecule has 0 unspecified atom stereocenters. The number of hydrogen-bond donors (Lipinski definition) is 3. The second kappa shape index (κ2) is 7.03. The van der Waals surface area contributed by atoms with Crippen LogP contribution in [0.3, 0.4) is 0 Å². The van der Waals surface area contributed by atoms with E-state index in [1.165, 1.54) is 6.07 Å². The van der Waals surface area contributed by atoms with Gasteiger partial charge in [-0.2, -0.15) is 0 Å². The maximum absolute atomic E-state index is 12.6. The molecule has 2 rings (SSSR count). The van der Waals surface area contributed by atoms with E-state index in [1.54, 1.807) is 18.2 Å². The average molecular weight is 334 g/mol. The Morgan fingerprint density at radius 3 is 2.58 bits per heavy atom. The number of para-hydroxylation sites is 1. The summed E-state index contributed by atoms with van der Waals surface area (Å²) in [7, 11) is 0. The highest BCUT2D eigenvalue weighted by atomic mass is 16.7. The molecule has 0 radical (unpaired) electrons. The number of aromatic nitrogens is 1. The van der Waals surface area contributed by atoms with E-state index >= 15 is 0 Å². The third-order valence-corrected chi connectivity index (χ3v) is 3.18. The number of rotatable bonds is 6. The molecule has 1 aromatic heterocycles. The van der Waals surface area contributed by atoms with Crippen molar-refractivity contribution in [3.63, 3.8) is 0 Å². The van der Waals surface area contributed by atoms with Gasteiger partial charge in [-0.3, -0.25) is 14.4 Å². The Bertz CT molecular complexity index is 840. The van der Waals surface area contributed by atoms with Crippen LogP contribution in [0.5, 0.6) is 5.75 Å². The van der Waals surface area contributed by atoms with Crippen LogP contribution in [0.2, 0.25) is 0 Å². The number of nitrogens with one attached hydrogen (secondary N) is 1. The molecule has 8 nitrogen and oxygen atoms in total. The lowest BCUT2D eigenvalue weighted by Gasteiger charge is -2.16. The molecule has 0 spiro atoms. The Hall–Kier alpha value is -3.03. The molecule has 0 bridgehead atoms. The van der Waals surface area contributed by atoms with Crippen molar-refractivity contribution in [1.82, 2.24) is 10.0 Å². The van der Waals surface area contributed by atoms with E-state index in [4.69, 9.17) is 9.94 Å². The maximum Gasteiger partial charge on any atom is 0.322 e. The summed E-state index contributed by atoms with van der Waals surface area (Å²) < 4.78 is 0.949. The van der Waals surface area contributed by atoms with Crippen LogP contribution in [-0.4, -0.2) is 40.0 Å². The predicted octanol–water partition coefficient (Wildman–Crippen LogP) is 0.606. The molecule has 1 amide bonds. The summed E-state index contributed by atoms with van der Waals surface area (Å²) in [5, 5.41) is 21.2. The smallest absolute Gasteiger partial charge is 0.322 e. The highest BCUT2D eigenvalue weighted by Crippen LogP contribution is 2.25. The van der Waals surface area contributed by atoms with Gasteiger partial charge < -0.3 is 20.4 Å². The molecule has 0 aliphatic carbocycles. The molecule has 1 heterocycles. The first kappa shape index (κ1) is 17.3. The highest BCUT2D eigenvalue weighted by Gasteiger charge is 2.23.